The molecule has 0 aliphatic heterocycles. The molecule has 0 saturated heterocycles. The van der Waals surface area contributed by atoms with Crippen LogP contribution in [0.25, 0.3) is 0 Å². The highest BCUT2D eigenvalue weighted by Crippen LogP contribution is 2.11. The van der Waals surface area contributed by atoms with Gasteiger partial charge in [0.2, 0.25) is 0 Å². The highest BCUT2D eigenvalue weighted by atomic mass is 32.2. The lowest BCUT2D eigenvalue weighted by molar-refractivity contribution is 0.0846. The van der Waals surface area contributed by atoms with Crippen molar-refractivity contribution in [2.24, 2.45) is 0 Å². The van der Waals surface area contributed by atoms with E-state index in [-0.39, 0.29) is 16.0 Å². The molecular formula is C15H13FN2O4S. The molecule has 0 aromatic heterocycles. The van der Waals surface area contributed by atoms with Crippen LogP contribution in [0.5, 0.6) is 0 Å². The van der Waals surface area contributed by atoms with Gasteiger partial charge in [-0.1, -0.05) is 6.07 Å². The summed E-state index contributed by atoms with van der Waals surface area (Å²) in [6, 6.07) is 10.2. The number of hydrazine groups is 1. The lowest BCUT2D eigenvalue weighted by atomic mass is 10.2. The van der Waals surface area contributed by atoms with Crippen molar-refractivity contribution in [3.05, 3.63) is 65.5 Å². The number of nitrogens with one attached hydrogen (secondary N) is 2. The fraction of sp³-hybridized carbons (Fsp3) is 0.0667. The topological polar surface area (TPSA) is 92.3 Å². The van der Waals surface area contributed by atoms with Crippen molar-refractivity contribution in [1.82, 2.24) is 10.9 Å². The molecule has 6 nitrogen and oxygen atoms in total. The maximum atomic E-state index is 12.8. The maximum absolute atomic E-state index is 12.8. The van der Waals surface area contributed by atoms with E-state index in [9.17, 15) is 22.4 Å². The van der Waals surface area contributed by atoms with Crippen LogP contribution in [0.15, 0.2) is 53.4 Å². The van der Waals surface area contributed by atoms with Crippen LogP contribution in [0.4, 0.5) is 4.39 Å². The Balaban J connectivity index is 2.05. The van der Waals surface area contributed by atoms with Gasteiger partial charge in [0, 0.05) is 17.4 Å². The fourth-order valence-electron chi connectivity index (χ4n) is 1.73. The molecule has 0 atom stereocenters. The molecule has 0 spiro atoms. The minimum Gasteiger partial charge on any atom is -0.267 e. The van der Waals surface area contributed by atoms with Crippen molar-refractivity contribution in [1.29, 1.82) is 0 Å². The number of carbonyl (C=O) groups is 2. The monoisotopic (exact) mass is 336 g/mol. The van der Waals surface area contributed by atoms with E-state index in [0.29, 0.717) is 0 Å². The van der Waals surface area contributed by atoms with E-state index in [1.807, 2.05) is 0 Å². The summed E-state index contributed by atoms with van der Waals surface area (Å²) in [5.74, 6) is -1.79. The second-order valence-electron chi connectivity index (χ2n) is 4.72. The minimum absolute atomic E-state index is 0.00462. The highest BCUT2D eigenvalue weighted by Gasteiger charge is 2.12. The third-order valence-corrected chi connectivity index (χ3v) is 4.03. The van der Waals surface area contributed by atoms with Gasteiger partial charge in [-0.3, -0.25) is 20.4 Å². The first-order valence-electron chi connectivity index (χ1n) is 6.44. The predicted molar refractivity (Wildman–Crippen MR) is 80.9 cm³/mol. The van der Waals surface area contributed by atoms with E-state index in [0.717, 1.165) is 18.4 Å². The molecule has 0 aliphatic carbocycles. The predicted octanol–water partition coefficient (Wildman–Crippen LogP) is 1.30. The SMILES string of the molecule is CS(=O)(=O)c1cccc(C(=O)NNC(=O)c2ccc(F)cc2)c1. The van der Waals surface area contributed by atoms with Crippen LogP contribution in [0.2, 0.25) is 0 Å². The zero-order chi connectivity index (χ0) is 17.0. The van der Waals surface area contributed by atoms with Gasteiger partial charge in [-0.2, -0.15) is 0 Å². The number of benzene rings is 2. The Morgan fingerprint density at radius 3 is 2.04 bits per heavy atom. The number of sulfone groups is 1. The van der Waals surface area contributed by atoms with Crippen molar-refractivity contribution in [3.8, 4) is 0 Å². The van der Waals surface area contributed by atoms with Crippen LogP contribution in [-0.4, -0.2) is 26.5 Å². The molecule has 2 amide bonds. The summed E-state index contributed by atoms with van der Waals surface area (Å²) in [5.41, 5.74) is 4.57. The summed E-state index contributed by atoms with van der Waals surface area (Å²) in [7, 11) is -3.44. The smallest absolute Gasteiger partial charge is 0.267 e. The first-order valence-corrected chi connectivity index (χ1v) is 8.33. The molecular weight excluding hydrogens is 323 g/mol. The van der Waals surface area contributed by atoms with Crippen LogP contribution >= 0.6 is 0 Å². The summed E-state index contributed by atoms with van der Waals surface area (Å²) in [6.45, 7) is 0. The van der Waals surface area contributed by atoms with Crippen molar-refractivity contribution >= 4 is 21.7 Å². The summed E-state index contributed by atoms with van der Waals surface area (Å²) in [6.07, 6.45) is 1.03. The summed E-state index contributed by atoms with van der Waals surface area (Å²) < 4.78 is 35.7. The molecule has 23 heavy (non-hydrogen) atoms. The van der Waals surface area contributed by atoms with Gasteiger partial charge >= 0.3 is 0 Å². The van der Waals surface area contributed by atoms with Gasteiger partial charge in [0.15, 0.2) is 9.84 Å². The number of halogens is 1. The molecule has 0 unspecified atom stereocenters. The number of amides is 2. The van der Waals surface area contributed by atoms with E-state index in [4.69, 9.17) is 0 Å². The Hall–Kier alpha value is -2.74. The van der Waals surface area contributed by atoms with Gasteiger partial charge in [-0.05, 0) is 42.5 Å². The standard InChI is InChI=1S/C15H13FN2O4S/c1-23(21,22)13-4-2-3-11(9-13)15(20)18-17-14(19)10-5-7-12(16)8-6-10/h2-9H,1H3,(H,17,19)(H,18,20). The summed E-state index contributed by atoms with van der Waals surface area (Å²) in [5, 5.41) is 0. The zero-order valence-electron chi connectivity index (χ0n) is 12.0. The Bertz CT molecular complexity index is 848. The third kappa shape index (κ3) is 4.36. The van der Waals surface area contributed by atoms with E-state index in [2.05, 4.69) is 10.9 Å². The number of rotatable bonds is 3. The van der Waals surface area contributed by atoms with Crippen molar-refractivity contribution in [2.75, 3.05) is 6.26 Å². The molecule has 0 radical (unpaired) electrons. The lowest BCUT2D eigenvalue weighted by Crippen LogP contribution is -2.41. The molecule has 2 aromatic carbocycles. The molecule has 0 fully saturated rings. The first-order chi connectivity index (χ1) is 10.8. The Labute approximate surface area is 132 Å². The van der Waals surface area contributed by atoms with E-state index in [1.54, 1.807) is 0 Å². The molecule has 0 aliphatic rings. The maximum Gasteiger partial charge on any atom is 0.269 e. The Kier molecular flexibility index (Phi) is 4.75. The molecule has 2 aromatic rings. The summed E-state index contributed by atoms with van der Waals surface area (Å²) in [4.78, 5) is 23.7. The van der Waals surface area contributed by atoms with Crippen LogP contribution in [0.1, 0.15) is 20.7 Å². The normalized spacial score (nSPS) is 10.9. The van der Waals surface area contributed by atoms with Crippen LogP contribution in [-0.2, 0) is 9.84 Å². The molecule has 0 saturated carbocycles. The average molecular weight is 336 g/mol. The number of carbonyl (C=O) groups excluding carboxylic acids is 2. The minimum atomic E-state index is -3.44. The van der Waals surface area contributed by atoms with Gasteiger partial charge in [0.05, 0.1) is 4.90 Å². The van der Waals surface area contributed by atoms with E-state index in [1.165, 1.54) is 36.4 Å². The molecule has 2 rings (SSSR count). The van der Waals surface area contributed by atoms with Crippen LogP contribution < -0.4 is 10.9 Å². The first kappa shape index (κ1) is 16.6. The third-order valence-electron chi connectivity index (χ3n) is 2.92. The van der Waals surface area contributed by atoms with E-state index >= 15 is 0 Å². The van der Waals surface area contributed by atoms with Gasteiger partial charge in [-0.25, -0.2) is 12.8 Å². The average Bonchev–Trinajstić information content (AvgIpc) is 2.52. The van der Waals surface area contributed by atoms with Crippen molar-refractivity contribution in [3.63, 3.8) is 0 Å². The van der Waals surface area contributed by atoms with Crippen LogP contribution in [0.3, 0.4) is 0 Å². The van der Waals surface area contributed by atoms with Gasteiger partial charge < -0.3 is 0 Å². The molecule has 2 N–H and O–H groups in total. The summed E-state index contributed by atoms with van der Waals surface area (Å²) >= 11 is 0. The molecule has 0 heterocycles. The Morgan fingerprint density at radius 1 is 0.913 bits per heavy atom. The quantitative estimate of drug-likeness (QED) is 0.827. The number of hydrogen-bond acceptors (Lipinski definition) is 4. The van der Waals surface area contributed by atoms with Crippen molar-refractivity contribution < 1.29 is 22.4 Å². The number of hydrogen-bond donors (Lipinski definition) is 2. The second-order valence-corrected chi connectivity index (χ2v) is 6.73. The molecule has 120 valence electrons. The zero-order valence-corrected chi connectivity index (χ0v) is 12.9. The second kappa shape index (κ2) is 6.57. The van der Waals surface area contributed by atoms with Gasteiger partial charge in [-0.15, -0.1) is 0 Å². The van der Waals surface area contributed by atoms with Crippen LogP contribution in [0, 0.1) is 5.82 Å². The lowest BCUT2D eigenvalue weighted by Gasteiger charge is -2.08. The highest BCUT2D eigenvalue weighted by molar-refractivity contribution is 7.90. The van der Waals surface area contributed by atoms with E-state index < -0.39 is 27.5 Å². The molecule has 0 bridgehead atoms. The van der Waals surface area contributed by atoms with Crippen molar-refractivity contribution in [2.45, 2.75) is 4.90 Å². The Morgan fingerprint density at radius 2 is 1.48 bits per heavy atom. The molecule has 8 heteroatoms. The van der Waals surface area contributed by atoms with Gasteiger partial charge in [0.25, 0.3) is 11.8 Å². The largest absolute Gasteiger partial charge is 0.269 e. The van der Waals surface area contributed by atoms with Gasteiger partial charge in [0.1, 0.15) is 5.82 Å². The fourth-order valence-corrected chi connectivity index (χ4v) is 2.39.